The van der Waals surface area contributed by atoms with Crippen molar-refractivity contribution >= 4 is 34.5 Å². The lowest BCUT2D eigenvalue weighted by Gasteiger charge is -2.34. The number of methoxy groups -OCH3 is 2. The van der Waals surface area contributed by atoms with Crippen LogP contribution in [0.15, 0.2) is 41.8 Å². The van der Waals surface area contributed by atoms with Gasteiger partial charge in [-0.1, -0.05) is 18.2 Å². The molecule has 0 atom stereocenters. The Labute approximate surface area is 235 Å². The number of fused-ring (bicyclic) bond motifs is 1. The zero-order valence-electron chi connectivity index (χ0n) is 22.3. The van der Waals surface area contributed by atoms with Gasteiger partial charge in [0.2, 0.25) is 11.9 Å². The Morgan fingerprint density at radius 2 is 1.90 bits per heavy atom. The highest BCUT2D eigenvalue weighted by molar-refractivity contribution is 6.35. The van der Waals surface area contributed by atoms with Gasteiger partial charge in [-0.15, -0.1) is 0 Å². The highest BCUT2D eigenvalue weighted by Gasteiger charge is 2.21. The molecule has 1 amide bonds. The summed E-state index contributed by atoms with van der Waals surface area (Å²) in [7, 11) is 2.97. The SMILES string of the molecule is C=CC(=O)N1CCN(CCCn2c(=O)c(-c3cc(OC)cc(OC)c3Cl)cc3cnc(NCC(F)F)nc32)CC1. The molecule has 0 unspecified atom stereocenters. The van der Waals surface area contributed by atoms with Crippen molar-refractivity contribution in [3.8, 4) is 22.6 Å². The van der Waals surface area contributed by atoms with E-state index in [9.17, 15) is 18.4 Å². The number of nitrogens with zero attached hydrogens (tertiary/aromatic N) is 5. The summed E-state index contributed by atoms with van der Waals surface area (Å²) < 4.78 is 37.8. The molecule has 10 nitrogen and oxygen atoms in total. The van der Waals surface area contributed by atoms with Gasteiger partial charge in [0.1, 0.15) is 17.1 Å². The van der Waals surface area contributed by atoms with Crippen LogP contribution in [-0.2, 0) is 11.3 Å². The van der Waals surface area contributed by atoms with Crippen molar-refractivity contribution in [2.24, 2.45) is 0 Å². The first-order valence-electron chi connectivity index (χ1n) is 12.7. The van der Waals surface area contributed by atoms with Crippen LogP contribution in [0.5, 0.6) is 11.5 Å². The Balaban J connectivity index is 1.68. The summed E-state index contributed by atoms with van der Waals surface area (Å²) in [4.78, 5) is 38.3. The van der Waals surface area contributed by atoms with Crippen LogP contribution in [0, 0.1) is 0 Å². The first-order valence-corrected chi connectivity index (χ1v) is 13.1. The molecule has 0 radical (unpaired) electrons. The highest BCUT2D eigenvalue weighted by atomic mass is 35.5. The number of nitrogens with one attached hydrogen (secondary N) is 1. The van der Waals surface area contributed by atoms with Gasteiger partial charge in [0.05, 0.1) is 25.8 Å². The fourth-order valence-electron chi connectivity index (χ4n) is 4.62. The zero-order chi connectivity index (χ0) is 28.8. The normalized spacial score (nSPS) is 14.0. The molecule has 2 aromatic heterocycles. The van der Waals surface area contributed by atoms with Crippen LogP contribution in [0.25, 0.3) is 22.2 Å². The number of ether oxygens (including phenoxy) is 2. The topological polar surface area (TPSA) is 102 Å². The van der Waals surface area contributed by atoms with E-state index in [0.29, 0.717) is 79.3 Å². The van der Waals surface area contributed by atoms with Crippen molar-refractivity contribution in [2.75, 3.05) is 58.8 Å². The van der Waals surface area contributed by atoms with Gasteiger partial charge in [0, 0.05) is 61.5 Å². The second-order valence-electron chi connectivity index (χ2n) is 9.18. The minimum atomic E-state index is -2.59. The summed E-state index contributed by atoms with van der Waals surface area (Å²) in [5.74, 6) is 0.717. The molecule has 3 heterocycles. The van der Waals surface area contributed by atoms with Gasteiger partial charge in [-0.3, -0.25) is 19.1 Å². The number of hydrogen-bond acceptors (Lipinski definition) is 8. The number of hydrogen-bond donors (Lipinski definition) is 1. The molecule has 1 fully saturated rings. The van der Waals surface area contributed by atoms with E-state index in [0.717, 1.165) is 0 Å². The molecule has 0 saturated carbocycles. The van der Waals surface area contributed by atoms with Gasteiger partial charge in [-0.25, -0.2) is 13.8 Å². The maximum absolute atomic E-state index is 13.9. The molecule has 1 aromatic carbocycles. The lowest BCUT2D eigenvalue weighted by Crippen LogP contribution is -2.48. The molecule has 3 aromatic rings. The fourth-order valence-corrected chi connectivity index (χ4v) is 4.91. The molecule has 1 saturated heterocycles. The molecular formula is C27H31ClF2N6O4. The van der Waals surface area contributed by atoms with Crippen molar-refractivity contribution in [3.05, 3.63) is 52.4 Å². The molecule has 1 aliphatic heterocycles. The Morgan fingerprint density at radius 1 is 1.15 bits per heavy atom. The van der Waals surface area contributed by atoms with E-state index in [-0.39, 0.29) is 22.4 Å². The Hall–Kier alpha value is -3.77. The van der Waals surface area contributed by atoms with Crippen molar-refractivity contribution in [1.29, 1.82) is 0 Å². The second-order valence-corrected chi connectivity index (χ2v) is 9.55. The molecule has 0 aliphatic carbocycles. The van der Waals surface area contributed by atoms with Gasteiger partial charge >= 0.3 is 0 Å². The summed E-state index contributed by atoms with van der Waals surface area (Å²) in [6.45, 7) is 6.53. The monoisotopic (exact) mass is 576 g/mol. The first kappa shape index (κ1) is 29.2. The summed E-state index contributed by atoms with van der Waals surface area (Å²) in [6, 6.07) is 4.90. The van der Waals surface area contributed by atoms with Gasteiger partial charge in [0.25, 0.3) is 12.0 Å². The minimum Gasteiger partial charge on any atom is -0.497 e. The maximum atomic E-state index is 13.9. The largest absolute Gasteiger partial charge is 0.497 e. The number of piperazine rings is 1. The van der Waals surface area contributed by atoms with Crippen LogP contribution in [0.3, 0.4) is 0 Å². The van der Waals surface area contributed by atoms with Crippen LogP contribution in [0.1, 0.15) is 6.42 Å². The number of carbonyl (C=O) groups is 1. The maximum Gasteiger partial charge on any atom is 0.260 e. The van der Waals surface area contributed by atoms with Gasteiger partial charge in [-0.2, -0.15) is 4.98 Å². The van der Waals surface area contributed by atoms with E-state index in [4.69, 9.17) is 21.1 Å². The number of amides is 1. The molecule has 1 N–H and O–H groups in total. The van der Waals surface area contributed by atoms with Crippen LogP contribution in [0.4, 0.5) is 14.7 Å². The third-order valence-electron chi connectivity index (χ3n) is 6.71. The number of alkyl halides is 2. The van der Waals surface area contributed by atoms with Crippen LogP contribution < -0.4 is 20.3 Å². The minimum absolute atomic E-state index is 0.00205. The van der Waals surface area contributed by atoms with Crippen molar-refractivity contribution in [3.63, 3.8) is 0 Å². The van der Waals surface area contributed by atoms with E-state index in [1.54, 1.807) is 23.1 Å². The summed E-state index contributed by atoms with van der Waals surface area (Å²) in [5.41, 5.74) is 0.669. The Kier molecular flexibility index (Phi) is 9.54. The number of carbonyl (C=O) groups excluding carboxylic acids is 1. The number of rotatable bonds is 11. The molecule has 0 spiro atoms. The Bertz CT molecular complexity index is 1440. The molecule has 40 heavy (non-hydrogen) atoms. The number of pyridine rings is 1. The van der Waals surface area contributed by atoms with E-state index < -0.39 is 13.0 Å². The second kappa shape index (κ2) is 13.1. The zero-order valence-corrected chi connectivity index (χ0v) is 23.1. The summed E-state index contributed by atoms with van der Waals surface area (Å²) >= 11 is 6.61. The molecule has 0 bridgehead atoms. The van der Waals surface area contributed by atoms with Crippen LogP contribution in [-0.4, -0.2) is 90.2 Å². The first-order chi connectivity index (χ1) is 19.2. The van der Waals surface area contributed by atoms with Crippen molar-refractivity contribution in [1.82, 2.24) is 24.3 Å². The molecule has 4 rings (SSSR count). The molecule has 13 heteroatoms. The third kappa shape index (κ3) is 6.50. The fraction of sp³-hybridized carbons (Fsp3) is 0.407. The number of aromatic nitrogens is 3. The van der Waals surface area contributed by atoms with Crippen LogP contribution >= 0.6 is 11.6 Å². The molecule has 214 valence electrons. The summed E-state index contributed by atoms with van der Waals surface area (Å²) in [6.07, 6.45) is 0.816. The van der Waals surface area contributed by atoms with Crippen molar-refractivity contribution < 1.29 is 23.0 Å². The number of anilines is 1. The average Bonchev–Trinajstić information content (AvgIpc) is 2.97. The van der Waals surface area contributed by atoms with Crippen LogP contribution in [0.2, 0.25) is 5.02 Å². The summed E-state index contributed by atoms with van der Waals surface area (Å²) in [5, 5.41) is 3.28. The third-order valence-corrected chi connectivity index (χ3v) is 7.10. The number of benzene rings is 1. The highest BCUT2D eigenvalue weighted by Crippen LogP contribution is 2.38. The van der Waals surface area contributed by atoms with E-state index in [1.165, 1.54) is 31.1 Å². The van der Waals surface area contributed by atoms with E-state index in [2.05, 4.69) is 26.8 Å². The smallest absolute Gasteiger partial charge is 0.260 e. The van der Waals surface area contributed by atoms with Gasteiger partial charge in [0.15, 0.2) is 0 Å². The lowest BCUT2D eigenvalue weighted by molar-refractivity contribution is -0.127. The number of aryl methyl sites for hydroxylation is 1. The predicted molar refractivity (Wildman–Crippen MR) is 150 cm³/mol. The lowest BCUT2D eigenvalue weighted by atomic mass is 10.0. The molecular weight excluding hydrogens is 546 g/mol. The average molecular weight is 577 g/mol. The quantitative estimate of drug-likeness (QED) is 0.346. The predicted octanol–water partition coefficient (Wildman–Crippen LogP) is 3.53. The Morgan fingerprint density at radius 3 is 2.55 bits per heavy atom. The van der Waals surface area contributed by atoms with E-state index in [1.807, 2.05) is 0 Å². The molecule has 1 aliphatic rings. The van der Waals surface area contributed by atoms with E-state index >= 15 is 0 Å². The van der Waals surface area contributed by atoms with Gasteiger partial charge < -0.3 is 19.7 Å². The standard InChI is InChI=1S/C27H31ClF2N6O4/c1-4-23(37)35-10-8-34(9-11-35)6-5-7-36-25-17(15-31-27(33-25)32-16-22(29)30)12-20(26(36)38)19-13-18(39-2)14-21(40-3)24(19)28/h4,12-15,22H,1,5-11,16H2,2-3H3,(H,31,32,33). The van der Waals surface area contributed by atoms with Gasteiger partial charge in [-0.05, 0) is 31.2 Å². The number of halogens is 3. The van der Waals surface area contributed by atoms with Crippen molar-refractivity contribution in [2.45, 2.75) is 19.4 Å².